The molecule has 2 rings (SSSR count). The van der Waals surface area contributed by atoms with Gasteiger partial charge in [-0.05, 0) is 31.3 Å². The van der Waals surface area contributed by atoms with Crippen LogP contribution in [0.25, 0.3) is 5.69 Å². The number of para-hydroxylation sites is 1. The van der Waals surface area contributed by atoms with Gasteiger partial charge in [0.15, 0.2) is 5.11 Å². The molecule has 0 radical (unpaired) electrons. The lowest BCUT2D eigenvalue weighted by Gasteiger charge is -1.99. The summed E-state index contributed by atoms with van der Waals surface area (Å²) in [5, 5.41) is 10.1. The predicted octanol–water partition coefficient (Wildman–Crippen LogP) is 0.902. The Balaban J connectivity index is 2.31. The van der Waals surface area contributed by atoms with Crippen LogP contribution in [0.1, 0.15) is 11.3 Å². The van der Waals surface area contributed by atoms with Gasteiger partial charge >= 0.3 is 0 Å². The Kier molecular flexibility index (Phi) is 4.31. The second-order valence-electron chi connectivity index (χ2n) is 4.08. The average molecular weight is 289 g/mol. The van der Waals surface area contributed by atoms with Crippen LogP contribution in [0.3, 0.4) is 0 Å². The van der Waals surface area contributed by atoms with E-state index in [0.717, 1.165) is 11.4 Å². The summed E-state index contributed by atoms with van der Waals surface area (Å²) in [6.45, 7) is 1.82. The van der Waals surface area contributed by atoms with Crippen LogP contribution in [-0.2, 0) is 0 Å². The van der Waals surface area contributed by atoms with Crippen molar-refractivity contribution in [3.05, 3.63) is 51.9 Å². The lowest BCUT2D eigenvalue weighted by atomic mass is 10.3. The van der Waals surface area contributed by atoms with Crippen molar-refractivity contribution in [2.24, 2.45) is 5.10 Å². The van der Waals surface area contributed by atoms with E-state index in [0.29, 0.717) is 10.7 Å². The normalized spacial score (nSPS) is 10.7. The number of aromatic nitrogens is 2. The van der Waals surface area contributed by atoms with Crippen molar-refractivity contribution in [2.75, 3.05) is 7.05 Å². The van der Waals surface area contributed by atoms with Crippen LogP contribution in [0, 0.1) is 6.92 Å². The number of thiocarbonyl (C=S) groups is 1. The van der Waals surface area contributed by atoms with Crippen molar-refractivity contribution in [3.8, 4) is 5.69 Å². The van der Waals surface area contributed by atoms with Crippen LogP contribution < -0.4 is 16.3 Å². The molecule has 0 amide bonds. The average Bonchev–Trinajstić information content (AvgIpc) is 2.75. The smallest absolute Gasteiger partial charge is 0.280 e. The minimum atomic E-state index is -0.158. The van der Waals surface area contributed by atoms with Crippen molar-refractivity contribution in [2.45, 2.75) is 6.92 Å². The molecule has 6 nitrogen and oxygen atoms in total. The highest BCUT2D eigenvalue weighted by Crippen LogP contribution is 2.05. The van der Waals surface area contributed by atoms with Gasteiger partial charge in [0.25, 0.3) is 5.56 Å². The molecule has 1 aromatic heterocycles. The number of benzene rings is 1. The predicted molar refractivity (Wildman–Crippen MR) is 83.5 cm³/mol. The first-order valence-electron chi connectivity index (χ1n) is 6.01. The first-order chi connectivity index (χ1) is 9.63. The maximum atomic E-state index is 12.3. The Labute approximate surface area is 121 Å². The Bertz CT molecular complexity index is 687. The van der Waals surface area contributed by atoms with E-state index < -0.39 is 0 Å². The summed E-state index contributed by atoms with van der Waals surface area (Å²) >= 11 is 4.89. The Morgan fingerprint density at radius 1 is 1.40 bits per heavy atom. The summed E-state index contributed by atoms with van der Waals surface area (Å²) in [5.41, 5.74) is 4.45. The highest BCUT2D eigenvalue weighted by molar-refractivity contribution is 7.80. The number of H-pyrrole nitrogens is 1. The molecular weight excluding hydrogens is 274 g/mol. The molecular formula is C13H15N5OS. The van der Waals surface area contributed by atoms with Crippen molar-refractivity contribution in [3.63, 3.8) is 0 Å². The van der Waals surface area contributed by atoms with Gasteiger partial charge in [-0.25, -0.2) is 4.68 Å². The van der Waals surface area contributed by atoms with Crippen molar-refractivity contribution < 1.29 is 0 Å². The maximum absolute atomic E-state index is 12.3. The van der Waals surface area contributed by atoms with Crippen LogP contribution in [-0.4, -0.2) is 28.2 Å². The van der Waals surface area contributed by atoms with E-state index in [-0.39, 0.29) is 5.56 Å². The second kappa shape index (κ2) is 6.16. The summed E-state index contributed by atoms with van der Waals surface area (Å²) in [7, 11) is 1.69. The van der Waals surface area contributed by atoms with Gasteiger partial charge in [0.05, 0.1) is 17.5 Å². The third-order valence-electron chi connectivity index (χ3n) is 2.72. The highest BCUT2D eigenvalue weighted by Gasteiger charge is 2.10. The van der Waals surface area contributed by atoms with E-state index in [1.54, 1.807) is 7.05 Å². The molecule has 0 spiro atoms. The van der Waals surface area contributed by atoms with Gasteiger partial charge in [0.1, 0.15) is 0 Å². The number of nitrogens with one attached hydrogen (secondary N) is 3. The molecule has 0 atom stereocenters. The van der Waals surface area contributed by atoms with Crippen LogP contribution >= 0.6 is 12.2 Å². The summed E-state index contributed by atoms with van der Waals surface area (Å²) in [6, 6.07) is 9.35. The third kappa shape index (κ3) is 2.94. The lowest BCUT2D eigenvalue weighted by Crippen LogP contribution is -2.28. The Morgan fingerprint density at radius 2 is 2.10 bits per heavy atom. The molecule has 0 aliphatic heterocycles. The number of nitrogens with zero attached hydrogens (tertiary/aromatic N) is 2. The summed E-state index contributed by atoms with van der Waals surface area (Å²) in [5.74, 6) is 0. The lowest BCUT2D eigenvalue weighted by molar-refractivity contribution is 0.835. The van der Waals surface area contributed by atoms with Gasteiger partial charge in [0.2, 0.25) is 0 Å². The minimum Gasteiger partial charge on any atom is -0.364 e. The van der Waals surface area contributed by atoms with E-state index in [4.69, 9.17) is 12.2 Å². The van der Waals surface area contributed by atoms with E-state index in [1.165, 1.54) is 10.9 Å². The molecule has 0 saturated heterocycles. The Morgan fingerprint density at radius 3 is 2.75 bits per heavy atom. The molecule has 1 aromatic carbocycles. The zero-order valence-corrected chi connectivity index (χ0v) is 12.0. The van der Waals surface area contributed by atoms with Gasteiger partial charge in [-0.3, -0.25) is 15.3 Å². The molecule has 0 bridgehead atoms. The summed E-state index contributed by atoms with van der Waals surface area (Å²) < 4.78 is 1.48. The molecule has 0 saturated carbocycles. The third-order valence-corrected chi connectivity index (χ3v) is 3.01. The van der Waals surface area contributed by atoms with Gasteiger partial charge in [-0.2, -0.15) is 5.10 Å². The van der Waals surface area contributed by atoms with E-state index in [1.807, 2.05) is 37.3 Å². The van der Waals surface area contributed by atoms with Crippen LogP contribution in [0.5, 0.6) is 0 Å². The fourth-order valence-electron chi connectivity index (χ4n) is 1.68. The first-order valence-corrected chi connectivity index (χ1v) is 6.42. The SMILES string of the molecule is CNC(=S)NN=Cc1c(C)[nH]n(-c2ccccc2)c1=O. The Hall–Kier alpha value is -2.41. The second-order valence-corrected chi connectivity index (χ2v) is 4.48. The molecule has 0 fully saturated rings. The van der Waals surface area contributed by atoms with Gasteiger partial charge < -0.3 is 5.32 Å². The van der Waals surface area contributed by atoms with Crippen molar-refractivity contribution in [1.82, 2.24) is 20.5 Å². The summed E-state index contributed by atoms with van der Waals surface area (Å²) in [4.78, 5) is 12.3. The number of rotatable bonds is 3. The van der Waals surface area contributed by atoms with Gasteiger partial charge in [0, 0.05) is 12.7 Å². The maximum Gasteiger partial charge on any atom is 0.280 e. The molecule has 20 heavy (non-hydrogen) atoms. The number of aromatic amines is 1. The number of aryl methyl sites for hydroxylation is 1. The van der Waals surface area contributed by atoms with E-state index in [2.05, 4.69) is 20.9 Å². The van der Waals surface area contributed by atoms with E-state index >= 15 is 0 Å². The highest BCUT2D eigenvalue weighted by atomic mass is 32.1. The van der Waals surface area contributed by atoms with Crippen LogP contribution in [0.4, 0.5) is 0 Å². The number of hydrazone groups is 1. The standard InChI is InChI=1S/C13H15N5OS/c1-9-11(8-15-16-13(20)14-2)12(19)18(17-9)10-6-4-3-5-7-10/h3-8,17H,1-2H3,(H2,14,16,20). The first kappa shape index (κ1) is 14.0. The quantitative estimate of drug-likeness (QED) is 0.446. The fourth-order valence-corrected chi connectivity index (χ4v) is 1.73. The van der Waals surface area contributed by atoms with Crippen LogP contribution in [0.2, 0.25) is 0 Å². The minimum absolute atomic E-state index is 0.158. The molecule has 7 heteroatoms. The van der Waals surface area contributed by atoms with Crippen molar-refractivity contribution in [1.29, 1.82) is 0 Å². The molecule has 2 aromatic rings. The monoisotopic (exact) mass is 289 g/mol. The molecule has 0 aliphatic carbocycles. The fraction of sp³-hybridized carbons (Fsp3) is 0.154. The summed E-state index contributed by atoms with van der Waals surface area (Å²) in [6.07, 6.45) is 1.46. The van der Waals surface area contributed by atoms with Gasteiger partial charge in [-0.15, -0.1) is 0 Å². The molecule has 3 N–H and O–H groups in total. The zero-order chi connectivity index (χ0) is 14.5. The molecule has 104 valence electrons. The van der Waals surface area contributed by atoms with E-state index in [9.17, 15) is 4.79 Å². The zero-order valence-electron chi connectivity index (χ0n) is 11.2. The number of hydrogen-bond acceptors (Lipinski definition) is 3. The molecule has 1 heterocycles. The van der Waals surface area contributed by atoms with Gasteiger partial charge in [-0.1, -0.05) is 18.2 Å². The molecule has 0 unspecified atom stereocenters. The van der Waals surface area contributed by atoms with Crippen LogP contribution in [0.15, 0.2) is 40.2 Å². The van der Waals surface area contributed by atoms with Crippen molar-refractivity contribution >= 4 is 23.5 Å². The topological polar surface area (TPSA) is 74.2 Å². The molecule has 0 aliphatic rings. The largest absolute Gasteiger partial charge is 0.364 e. The number of hydrogen-bond donors (Lipinski definition) is 3.